The number of ether oxygens (including phenoxy) is 1. The van der Waals surface area contributed by atoms with Crippen LogP contribution in [0.4, 0.5) is 0 Å². The van der Waals surface area contributed by atoms with E-state index in [4.69, 9.17) is 4.74 Å². The van der Waals surface area contributed by atoms with Crippen molar-refractivity contribution in [1.82, 2.24) is 9.29 Å². The van der Waals surface area contributed by atoms with Gasteiger partial charge in [-0.05, 0) is 26.0 Å². The first-order valence-electron chi connectivity index (χ1n) is 6.85. The topological polar surface area (TPSA) is 59.5 Å². The van der Waals surface area contributed by atoms with Crippen LogP contribution in [0.2, 0.25) is 0 Å². The minimum atomic E-state index is -3.22. The molecule has 1 aromatic rings. The summed E-state index contributed by atoms with van der Waals surface area (Å²) in [5.74, 6) is 0.257. The maximum atomic E-state index is 12.3. The summed E-state index contributed by atoms with van der Waals surface area (Å²) in [7, 11) is -1.57. The standard InChI is InChI=1S/C14H22N2O3S/c1-11(2)20(17,18)16-8-12(10-19-3)13(9-16)14-6-4-5-7-15-14/h4-7,11-13H,8-10H2,1-3H3/t12-,13+/m0/s1. The molecule has 0 bridgehead atoms. The smallest absolute Gasteiger partial charge is 0.216 e. The van der Waals surface area contributed by atoms with Crippen molar-refractivity contribution in [2.24, 2.45) is 5.92 Å². The summed E-state index contributed by atoms with van der Waals surface area (Å²) in [5, 5.41) is -0.395. The number of sulfonamides is 1. The molecule has 0 spiro atoms. The normalized spacial score (nSPS) is 24.4. The van der Waals surface area contributed by atoms with E-state index in [-0.39, 0.29) is 11.8 Å². The first-order valence-corrected chi connectivity index (χ1v) is 8.36. The van der Waals surface area contributed by atoms with Gasteiger partial charge in [0.15, 0.2) is 0 Å². The van der Waals surface area contributed by atoms with E-state index < -0.39 is 15.3 Å². The quantitative estimate of drug-likeness (QED) is 0.826. The van der Waals surface area contributed by atoms with Crippen LogP contribution in [-0.2, 0) is 14.8 Å². The Morgan fingerprint density at radius 2 is 2.15 bits per heavy atom. The van der Waals surface area contributed by atoms with Crippen LogP contribution in [0.15, 0.2) is 24.4 Å². The lowest BCUT2D eigenvalue weighted by atomic mass is 9.93. The number of hydrogen-bond donors (Lipinski definition) is 0. The second-order valence-corrected chi connectivity index (χ2v) is 7.98. The molecular formula is C14H22N2O3S. The van der Waals surface area contributed by atoms with Crippen molar-refractivity contribution in [1.29, 1.82) is 0 Å². The van der Waals surface area contributed by atoms with E-state index >= 15 is 0 Å². The molecule has 2 atom stereocenters. The van der Waals surface area contributed by atoms with E-state index in [2.05, 4.69) is 4.98 Å². The maximum Gasteiger partial charge on any atom is 0.216 e. The van der Waals surface area contributed by atoms with Crippen LogP contribution in [0.25, 0.3) is 0 Å². The van der Waals surface area contributed by atoms with Crippen LogP contribution in [0, 0.1) is 5.92 Å². The highest BCUT2D eigenvalue weighted by Crippen LogP contribution is 2.34. The molecule has 20 heavy (non-hydrogen) atoms. The molecule has 0 saturated carbocycles. The first-order chi connectivity index (χ1) is 9.46. The fourth-order valence-corrected chi connectivity index (χ4v) is 4.01. The van der Waals surface area contributed by atoms with Crippen LogP contribution in [0.3, 0.4) is 0 Å². The molecule has 1 saturated heterocycles. The number of nitrogens with zero attached hydrogens (tertiary/aromatic N) is 2. The number of hydrogen-bond acceptors (Lipinski definition) is 4. The second kappa shape index (κ2) is 6.20. The molecule has 0 unspecified atom stereocenters. The van der Waals surface area contributed by atoms with Crippen molar-refractivity contribution in [2.45, 2.75) is 25.0 Å². The summed E-state index contributed by atoms with van der Waals surface area (Å²) in [6, 6.07) is 5.76. The first kappa shape index (κ1) is 15.4. The highest BCUT2D eigenvalue weighted by atomic mass is 32.2. The summed E-state index contributed by atoms with van der Waals surface area (Å²) in [6.45, 7) is 4.98. The monoisotopic (exact) mass is 298 g/mol. The summed E-state index contributed by atoms with van der Waals surface area (Å²) in [4.78, 5) is 4.38. The van der Waals surface area contributed by atoms with E-state index in [1.54, 1.807) is 31.5 Å². The summed E-state index contributed by atoms with van der Waals surface area (Å²) in [6.07, 6.45) is 1.75. The number of aromatic nitrogens is 1. The summed E-state index contributed by atoms with van der Waals surface area (Å²) >= 11 is 0. The minimum absolute atomic E-state index is 0.102. The van der Waals surface area contributed by atoms with E-state index in [0.29, 0.717) is 19.7 Å². The highest BCUT2D eigenvalue weighted by Gasteiger charge is 2.40. The van der Waals surface area contributed by atoms with Crippen LogP contribution in [0.1, 0.15) is 25.5 Å². The largest absolute Gasteiger partial charge is 0.384 e. The molecule has 0 N–H and O–H groups in total. The predicted octanol–water partition coefficient (Wildman–Crippen LogP) is 1.48. The van der Waals surface area contributed by atoms with Crippen molar-refractivity contribution in [3.05, 3.63) is 30.1 Å². The molecule has 0 radical (unpaired) electrons. The molecule has 1 aliphatic rings. The molecule has 6 heteroatoms. The zero-order valence-corrected chi connectivity index (χ0v) is 13.0. The Kier molecular flexibility index (Phi) is 4.78. The summed E-state index contributed by atoms with van der Waals surface area (Å²) in [5.41, 5.74) is 0.941. The molecule has 1 aromatic heterocycles. The van der Waals surface area contributed by atoms with E-state index in [0.717, 1.165) is 5.69 Å². The van der Waals surface area contributed by atoms with Crippen LogP contribution >= 0.6 is 0 Å². The van der Waals surface area contributed by atoms with Gasteiger partial charge in [-0.3, -0.25) is 4.98 Å². The number of pyridine rings is 1. The van der Waals surface area contributed by atoms with Crippen molar-refractivity contribution in [3.63, 3.8) is 0 Å². The van der Waals surface area contributed by atoms with Crippen molar-refractivity contribution in [2.75, 3.05) is 26.8 Å². The van der Waals surface area contributed by atoms with E-state index in [1.165, 1.54) is 0 Å². The van der Waals surface area contributed by atoms with E-state index in [9.17, 15) is 8.42 Å². The lowest BCUT2D eigenvalue weighted by molar-refractivity contribution is 0.150. The van der Waals surface area contributed by atoms with Gasteiger partial charge in [0.2, 0.25) is 10.0 Å². The molecule has 112 valence electrons. The lowest BCUT2D eigenvalue weighted by Crippen LogP contribution is -2.35. The Morgan fingerprint density at radius 1 is 1.40 bits per heavy atom. The zero-order chi connectivity index (χ0) is 14.8. The van der Waals surface area contributed by atoms with Gasteiger partial charge in [-0.1, -0.05) is 6.07 Å². The van der Waals surface area contributed by atoms with Gasteiger partial charge >= 0.3 is 0 Å². The summed E-state index contributed by atoms with van der Waals surface area (Å²) < 4.78 is 31.5. The molecular weight excluding hydrogens is 276 g/mol. The third kappa shape index (κ3) is 3.02. The number of rotatable bonds is 5. The third-order valence-electron chi connectivity index (χ3n) is 3.81. The van der Waals surface area contributed by atoms with Gasteiger partial charge in [-0.25, -0.2) is 12.7 Å². The van der Waals surface area contributed by atoms with Crippen molar-refractivity contribution in [3.8, 4) is 0 Å². The predicted molar refractivity (Wildman–Crippen MR) is 78.0 cm³/mol. The van der Waals surface area contributed by atoms with Crippen LogP contribution in [0.5, 0.6) is 0 Å². The van der Waals surface area contributed by atoms with Crippen LogP contribution < -0.4 is 0 Å². The third-order valence-corrected chi connectivity index (χ3v) is 6.02. The maximum absolute atomic E-state index is 12.3. The highest BCUT2D eigenvalue weighted by molar-refractivity contribution is 7.89. The fraction of sp³-hybridized carbons (Fsp3) is 0.643. The molecule has 5 nitrogen and oxygen atoms in total. The minimum Gasteiger partial charge on any atom is -0.384 e. The molecule has 1 fully saturated rings. The lowest BCUT2D eigenvalue weighted by Gasteiger charge is -2.18. The van der Waals surface area contributed by atoms with Gasteiger partial charge in [0.25, 0.3) is 0 Å². The van der Waals surface area contributed by atoms with Gasteiger partial charge in [0, 0.05) is 43.9 Å². The molecule has 2 rings (SSSR count). The van der Waals surface area contributed by atoms with Gasteiger partial charge in [0.05, 0.1) is 11.9 Å². The molecule has 0 amide bonds. The average Bonchev–Trinajstić information content (AvgIpc) is 2.85. The van der Waals surface area contributed by atoms with Crippen molar-refractivity contribution < 1.29 is 13.2 Å². The Bertz CT molecular complexity index is 531. The SMILES string of the molecule is COC[C@@H]1CN(S(=O)(=O)C(C)C)C[C@H]1c1ccccn1. The van der Waals surface area contributed by atoms with Gasteiger partial charge < -0.3 is 4.74 Å². The molecule has 0 aromatic carbocycles. The van der Waals surface area contributed by atoms with Gasteiger partial charge in [0.1, 0.15) is 0 Å². The Hall–Kier alpha value is -0.980. The van der Waals surface area contributed by atoms with Crippen molar-refractivity contribution >= 4 is 10.0 Å². The average molecular weight is 298 g/mol. The Labute approximate surface area is 121 Å². The van der Waals surface area contributed by atoms with Gasteiger partial charge in [-0.15, -0.1) is 0 Å². The Balaban J connectivity index is 2.24. The molecule has 0 aliphatic carbocycles. The molecule has 2 heterocycles. The fourth-order valence-electron chi connectivity index (χ4n) is 2.65. The zero-order valence-electron chi connectivity index (χ0n) is 12.2. The van der Waals surface area contributed by atoms with Crippen LogP contribution in [-0.4, -0.2) is 49.8 Å². The van der Waals surface area contributed by atoms with Gasteiger partial charge in [-0.2, -0.15) is 0 Å². The second-order valence-electron chi connectivity index (χ2n) is 5.49. The van der Waals surface area contributed by atoms with E-state index in [1.807, 2.05) is 18.2 Å². The number of methoxy groups -OCH3 is 1. The Morgan fingerprint density at radius 3 is 2.70 bits per heavy atom. The molecule has 1 aliphatic heterocycles.